The molecular weight excluding hydrogens is 244 g/mol. The molecule has 1 aliphatic heterocycles. The Morgan fingerprint density at radius 1 is 1.50 bits per heavy atom. The maximum absolute atomic E-state index is 11.8. The highest BCUT2D eigenvalue weighted by atomic mass is 32.2. The van der Waals surface area contributed by atoms with E-state index in [1.165, 1.54) is 18.6 Å². The molecule has 1 unspecified atom stereocenters. The normalized spacial score (nSPS) is 19.5. The zero-order valence-electron chi connectivity index (χ0n) is 10.7. The number of aryl methyl sites for hydroxylation is 1. The van der Waals surface area contributed by atoms with E-state index in [1.807, 2.05) is 43.0 Å². The first-order valence-electron chi connectivity index (χ1n) is 6.42. The van der Waals surface area contributed by atoms with Crippen molar-refractivity contribution < 1.29 is 4.79 Å². The quantitative estimate of drug-likeness (QED) is 0.877. The van der Waals surface area contributed by atoms with E-state index in [-0.39, 0.29) is 5.91 Å². The topological polar surface area (TPSA) is 41.1 Å². The Bertz CT molecular complexity index is 403. The molecule has 1 atom stereocenters. The summed E-state index contributed by atoms with van der Waals surface area (Å²) in [5.41, 5.74) is 2.03. The molecule has 2 rings (SSSR count). The third kappa shape index (κ3) is 4.35. The maximum Gasteiger partial charge on any atom is 0.238 e. The first kappa shape index (κ1) is 13.4. The minimum absolute atomic E-state index is 0.0381. The summed E-state index contributed by atoms with van der Waals surface area (Å²) in [5.74, 6) is 2.42. The standard InChI is InChI=1S/C14H20N2OS/c1-11-4-2-5-12(8-11)16-14(17)9-15-13-6-3-7-18-10-13/h2,4-5,8,13,15H,3,6-7,9-10H2,1H3,(H,16,17). The van der Waals surface area contributed by atoms with Gasteiger partial charge in [0.05, 0.1) is 6.54 Å². The molecular formula is C14H20N2OS. The van der Waals surface area contributed by atoms with Crippen LogP contribution in [0.5, 0.6) is 0 Å². The number of hydrogen-bond acceptors (Lipinski definition) is 3. The van der Waals surface area contributed by atoms with Crippen molar-refractivity contribution in [2.45, 2.75) is 25.8 Å². The molecule has 98 valence electrons. The second kappa shape index (κ2) is 6.81. The Balaban J connectivity index is 1.74. The van der Waals surface area contributed by atoms with Crippen molar-refractivity contribution in [2.75, 3.05) is 23.4 Å². The van der Waals surface area contributed by atoms with Gasteiger partial charge in [0.2, 0.25) is 5.91 Å². The van der Waals surface area contributed by atoms with Crippen LogP contribution in [0.3, 0.4) is 0 Å². The monoisotopic (exact) mass is 264 g/mol. The van der Waals surface area contributed by atoms with E-state index >= 15 is 0 Å². The molecule has 18 heavy (non-hydrogen) atoms. The first-order valence-corrected chi connectivity index (χ1v) is 7.57. The molecule has 0 bridgehead atoms. The molecule has 0 saturated carbocycles. The fraction of sp³-hybridized carbons (Fsp3) is 0.500. The van der Waals surface area contributed by atoms with Gasteiger partial charge in [0.15, 0.2) is 0 Å². The number of rotatable bonds is 4. The summed E-state index contributed by atoms with van der Waals surface area (Å²) in [6.07, 6.45) is 2.44. The van der Waals surface area contributed by atoms with Gasteiger partial charge in [0.1, 0.15) is 0 Å². The Labute approximate surface area is 113 Å². The van der Waals surface area contributed by atoms with Crippen LogP contribution in [-0.4, -0.2) is 30.0 Å². The Morgan fingerprint density at radius 2 is 2.39 bits per heavy atom. The van der Waals surface area contributed by atoms with E-state index in [0.29, 0.717) is 12.6 Å². The van der Waals surface area contributed by atoms with E-state index in [1.54, 1.807) is 0 Å². The van der Waals surface area contributed by atoms with E-state index in [2.05, 4.69) is 10.6 Å². The lowest BCUT2D eigenvalue weighted by molar-refractivity contribution is -0.115. The van der Waals surface area contributed by atoms with Crippen molar-refractivity contribution in [1.29, 1.82) is 0 Å². The van der Waals surface area contributed by atoms with Crippen molar-refractivity contribution in [3.05, 3.63) is 29.8 Å². The number of thioether (sulfide) groups is 1. The van der Waals surface area contributed by atoms with Crippen LogP contribution in [0.15, 0.2) is 24.3 Å². The van der Waals surface area contributed by atoms with Crippen LogP contribution >= 0.6 is 11.8 Å². The molecule has 1 aromatic rings. The zero-order chi connectivity index (χ0) is 12.8. The van der Waals surface area contributed by atoms with Gasteiger partial charge in [0, 0.05) is 17.5 Å². The number of hydrogen-bond donors (Lipinski definition) is 2. The second-order valence-electron chi connectivity index (χ2n) is 4.71. The fourth-order valence-electron chi connectivity index (χ4n) is 2.07. The lowest BCUT2D eigenvalue weighted by atomic mass is 10.2. The van der Waals surface area contributed by atoms with Crippen molar-refractivity contribution in [2.24, 2.45) is 0 Å². The highest BCUT2D eigenvalue weighted by Crippen LogP contribution is 2.16. The molecule has 0 aromatic heterocycles. The van der Waals surface area contributed by atoms with Crippen molar-refractivity contribution in [3.8, 4) is 0 Å². The SMILES string of the molecule is Cc1cccc(NC(=O)CNC2CCCSC2)c1. The molecule has 1 heterocycles. The lowest BCUT2D eigenvalue weighted by Crippen LogP contribution is -2.39. The predicted molar refractivity (Wildman–Crippen MR) is 78.2 cm³/mol. The van der Waals surface area contributed by atoms with Crippen LogP contribution in [0, 0.1) is 6.92 Å². The van der Waals surface area contributed by atoms with Crippen LogP contribution in [0.4, 0.5) is 5.69 Å². The van der Waals surface area contributed by atoms with Gasteiger partial charge in [-0.3, -0.25) is 4.79 Å². The number of nitrogens with one attached hydrogen (secondary N) is 2. The van der Waals surface area contributed by atoms with Crippen molar-refractivity contribution in [1.82, 2.24) is 5.32 Å². The van der Waals surface area contributed by atoms with Gasteiger partial charge >= 0.3 is 0 Å². The van der Waals surface area contributed by atoms with Crippen LogP contribution in [0.2, 0.25) is 0 Å². The van der Waals surface area contributed by atoms with Crippen molar-refractivity contribution >= 4 is 23.4 Å². The summed E-state index contributed by atoms with van der Waals surface area (Å²) in [6, 6.07) is 8.37. The summed E-state index contributed by atoms with van der Waals surface area (Å²) in [5, 5.41) is 6.24. The Hall–Kier alpha value is -1.00. The first-order chi connectivity index (χ1) is 8.74. The van der Waals surface area contributed by atoms with Crippen LogP contribution in [0.1, 0.15) is 18.4 Å². The third-order valence-corrected chi connectivity index (χ3v) is 4.23. The lowest BCUT2D eigenvalue weighted by Gasteiger charge is -2.22. The molecule has 0 spiro atoms. The van der Waals surface area contributed by atoms with Gasteiger partial charge in [-0.2, -0.15) is 11.8 Å². The number of benzene rings is 1. The molecule has 1 aromatic carbocycles. The second-order valence-corrected chi connectivity index (χ2v) is 5.86. The molecule has 1 aliphatic rings. The highest BCUT2D eigenvalue weighted by molar-refractivity contribution is 7.99. The van der Waals surface area contributed by atoms with E-state index in [4.69, 9.17) is 0 Å². The summed E-state index contributed by atoms with van der Waals surface area (Å²) < 4.78 is 0. The predicted octanol–water partition coefficient (Wildman–Crippen LogP) is 2.42. The molecule has 4 heteroatoms. The molecule has 0 radical (unpaired) electrons. The minimum Gasteiger partial charge on any atom is -0.325 e. The van der Waals surface area contributed by atoms with Gasteiger partial charge in [-0.1, -0.05) is 12.1 Å². The average Bonchev–Trinajstić information content (AvgIpc) is 2.38. The minimum atomic E-state index is 0.0381. The molecule has 0 aliphatic carbocycles. The third-order valence-electron chi connectivity index (χ3n) is 3.01. The number of carbonyl (C=O) groups is 1. The number of anilines is 1. The molecule has 1 saturated heterocycles. The highest BCUT2D eigenvalue weighted by Gasteiger charge is 2.14. The summed E-state index contributed by atoms with van der Waals surface area (Å²) in [4.78, 5) is 11.8. The Morgan fingerprint density at radius 3 is 3.11 bits per heavy atom. The fourth-order valence-corrected chi connectivity index (χ4v) is 3.17. The molecule has 3 nitrogen and oxygen atoms in total. The number of carbonyl (C=O) groups excluding carboxylic acids is 1. The van der Waals surface area contributed by atoms with E-state index in [0.717, 1.165) is 17.0 Å². The Kier molecular flexibility index (Phi) is 5.08. The van der Waals surface area contributed by atoms with E-state index in [9.17, 15) is 4.79 Å². The van der Waals surface area contributed by atoms with Crippen LogP contribution in [-0.2, 0) is 4.79 Å². The zero-order valence-corrected chi connectivity index (χ0v) is 11.6. The van der Waals surface area contributed by atoms with Gasteiger partial charge < -0.3 is 10.6 Å². The molecule has 1 fully saturated rings. The van der Waals surface area contributed by atoms with Gasteiger partial charge in [0.25, 0.3) is 0 Å². The molecule has 2 N–H and O–H groups in total. The van der Waals surface area contributed by atoms with E-state index < -0.39 is 0 Å². The van der Waals surface area contributed by atoms with Crippen LogP contribution < -0.4 is 10.6 Å². The summed E-state index contributed by atoms with van der Waals surface area (Å²) >= 11 is 1.97. The molecule has 1 amide bonds. The smallest absolute Gasteiger partial charge is 0.238 e. The number of amides is 1. The summed E-state index contributed by atoms with van der Waals surface area (Å²) in [6.45, 7) is 2.42. The van der Waals surface area contributed by atoms with Crippen LogP contribution in [0.25, 0.3) is 0 Å². The summed E-state index contributed by atoms with van der Waals surface area (Å²) in [7, 11) is 0. The van der Waals surface area contributed by atoms with Gasteiger partial charge in [-0.15, -0.1) is 0 Å². The maximum atomic E-state index is 11.8. The van der Waals surface area contributed by atoms with Gasteiger partial charge in [-0.25, -0.2) is 0 Å². The average molecular weight is 264 g/mol. The van der Waals surface area contributed by atoms with Gasteiger partial charge in [-0.05, 0) is 43.2 Å². The van der Waals surface area contributed by atoms with Crippen molar-refractivity contribution in [3.63, 3.8) is 0 Å². The largest absolute Gasteiger partial charge is 0.325 e.